The summed E-state index contributed by atoms with van der Waals surface area (Å²) in [5.41, 5.74) is -1.80. The molecule has 0 saturated carbocycles. The smallest absolute Gasteiger partial charge is 0.341 e. The second kappa shape index (κ2) is 4.86. The van der Waals surface area contributed by atoms with Crippen molar-refractivity contribution in [1.29, 1.82) is 0 Å². The molecule has 1 aromatic carbocycles. The molecule has 1 aliphatic heterocycles. The third-order valence-electron chi connectivity index (χ3n) is 3.86. The molecule has 0 aromatic heterocycles. The van der Waals surface area contributed by atoms with E-state index in [1.54, 1.807) is 6.92 Å². The summed E-state index contributed by atoms with van der Waals surface area (Å²) in [7, 11) is 1.29. The van der Waals surface area contributed by atoms with Crippen LogP contribution in [0.4, 0.5) is 4.39 Å². The lowest BCUT2D eigenvalue weighted by Gasteiger charge is -2.19. The minimum absolute atomic E-state index is 0.0729. The van der Waals surface area contributed by atoms with Gasteiger partial charge in [-0.2, -0.15) is 0 Å². The fourth-order valence-electron chi connectivity index (χ4n) is 2.73. The summed E-state index contributed by atoms with van der Waals surface area (Å²) in [5.74, 6) is -1.26. The van der Waals surface area contributed by atoms with Crippen LogP contribution in [-0.4, -0.2) is 18.7 Å². The Kier molecular flexibility index (Phi) is 3.78. The SMILES string of the molecule is COC(=O)C1(C(C)C)OC1(C)c1cc(F)c(Cl)cc1Cl. The first-order valence-corrected chi connectivity index (χ1v) is 6.90. The third-order valence-corrected chi connectivity index (χ3v) is 4.46. The summed E-state index contributed by atoms with van der Waals surface area (Å²) >= 11 is 11.8. The lowest BCUT2D eigenvalue weighted by molar-refractivity contribution is -0.148. The van der Waals surface area contributed by atoms with E-state index in [0.29, 0.717) is 5.56 Å². The summed E-state index contributed by atoms with van der Waals surface area (Å²) in [6, 6.07) is 2.51. The summed E-state index contributed by atoms with van der Waals surface area (Å²) in [6.07, 6.45) is 0. The van der Waals surface area contributed by atoms with Gasteiger partial charge >= 0.3 is 5.97 Å². The lowest BCUT2D eigenvalue weighted by Crippen LogP contribution is -2.37. The van der Waals surface area contributed by atoms with Crippen molar-refractivity contribution in [3.63, 3.8) is 0 Å². The molecule has 0 spiro atoms. The molecule has 110 valence electrons. The number of hydrogen-bond donors (Lipinski definition) is 0. The van der Waals surface area contributed by atoms with Crippen molar-refractivity contribution in [3.05, 3.63) is 33.6 Å². The highest BCUT2D eigenvalue weighted by molar-refractivity contribution is 6.35. The van der Waals surface area contributed by atoms with Gasteiger partial charge in [-0.15, -0.1) is 0 Å². The van der Waals surface area contributed by atoms with E-state index in [-0.39, 0.29) is 16.0 Å². The second-order valence-electron chi connectivity index (χ2n) is 5.26. The van der Waals surface area contributed by atoms with E-state index in [1.165, 1.54) is 19.2 Å². The first-order chi connectivity index (χ1) is 9.20. The van der Waals surface area contributed by atoms with Crippen molar-refractivity contribution in [2.24, 2.45) is 5.92 Å². The van der Waals surface area contributed by atoms with Crippen molar-refractivity contribution in [3.8, 4) is 0 Å². The fraction of sp³-hybridized carbons (Fsp3) is 0.500. The van der Waals surface area contributed by atoms with Crippen LogP contribution < -0.4 is 0 Å². The molecule has 2 unspecified atom stereocenters. The van der Waals surface area contributed by atoms with Gasteiger partial charge in [-0.25, -0.2) is 9.18 Å². The van der Waals surface area contributed by atoms with Crippen LogP contribution in [0.15, 0.2) is 12.1 Å². The Balaban J connectivity index is 2.54. The van der Waals surface area contributed by atoms with Crippen LogP contribution >= 0.6 is 23.2 Å². The normalized spacial score (nSPS) is 28.6. The van der Waals surface area contributed by atoms with Gasteiger partial charge in [0.05, 0.1) is 12.1 Å². The number of esters is 1. The second-order valence-corrected chi connectivity index (χ2v) is 6.08. The first kappa shape index (κ1) is 15.5. The van der Waals surface area contributed by atoms with Gasteiger partial charge < -0.3 is 9.47 Å². The van der Waals surface area contributed by atoms with Gasteiger partial charge in [-0.05, 0) is 25.0 Å². The van der Waals surface area contributed by atoms with E-state index in [2.05, 4.69) is 0 Å². The number of benzene rings is 1. The number of halogens is 3. The summed E-state index contributed by atoms with van der Waals surface area (Å²) < 4.78 is 24.2. The molecule has 0 bridgehead atoms. The minimum Gasteiger partial charge on any atom is -0.467 e. The zero-order valence-corrected chi connectivity index (χ0v) is 13.1. The average Bonchev–Trinajstić information content (AvgIpc) is 3.02. The van der Waals surface area contributed by atoms with Crippen LogP contribution in [0, 0.1) is 11.7 Å². The highest BCUT2D eigenvalue weighted by atomic mass is 35.5. The molecule has 1 fully saturated rings. The number of carbonyl (C=O) groups is 1. The molecule has 1 saturated heterocycles. The molecular weight excluding hydrogens is 306 g/mol. The minimum atomic E-state index is -1.16. The zero-order valence-electron chi connectivity index (χ0n) is 11.6. The number of methoxy groups -OCH3 is 1. The maximum absolute atomic E-state index is 13.7. The van der Waals surface area contributed by atoms with Gasteiger partial charge in [-0.1, -0.05) is 37.0 Å². The van der Waals surface area contributed by atoms with Gasteiger partial charge in [0.2, 0.25) is 5.60 Å². The van der Waals surface area contributed by atoms with Gasteiger partial charge in [0.15, 0.2) is 0 Å². The molecule has 0 aliphatic carbocycles. The number of rotatable bonds is 3. The number of epoxide rings is 1. The Bertz CT molecular complexity index is 576. The van der Waals surface area contributed by atoms with Crippen LogP contribution in [-0.2, 0) is 19.9 Å². The van der Waals surface area contributed by atoms with Gasteiger partial charge in [-0.3, -0.25) is 0 Å². The summed E-state index contributed by atoms with van der Waals surface area (Å²) in [4.78, 5) is 12.1. The Morgan fingerprint density at radius 1 is 1.35 bits per heavy atom. The predicted octanol–water partition coefficient (Wildman–Crippen LogP) is 3.95. The van der Waals surface area contributed by atoms with E-state index in [4.69, 9.17) is 32.7 Å². The standard InChI is InChI=1S/C14H15Cl2FO3/c1-7(2)14(12(18)19-4)13(3,20-14)8-5-11(17)10(16)6-9(8)15/h5-7H,1-4H3. The van der Waals surface area contributed by atoms with E-state index in [1.807, 2.05) is 13.8 Å². The van der Waals surface area contributed by atoms with Gasteiger partial charge in [0, 0.05) is 10.6 Å². The van der Waals surface area contributed by atoms with Gasteiger partial charge in [0.1, 0.15) is 11.4 Å². The Hall–Kier alpha value is -0.840. The Labute approximate surface area is 127 Å². The monoisotopic (exact) mass is 320 g/mol. The zero-order chi connectivity index (χ0) is 15.3. The molecule has 2 rings (SSSR count). The molecule has 1 aliphatic rings. The molecule has 0 amide bonds. The van der Waals surface area contributed by atoms with Crippen LogP contribution in [0.2, 0.25) is 10.0 Å². The van der Waals surface area contributed by atoms with Crippen LogP contribution in [0.1, 0.15) is 26.3 Å². The largest absolute Gasteiger partial charge is 0.467 e. The molecule has 2 atom stereocenters. The third kappa shape index (κ3) is 1.93. The van der Waals surface area contributed by atoms with Crippen molar-refractivity contribution in [1.82, 2.24) is 0 Å². The lowest BCUT2D eigenvalue weighted by atomic mass is 9.80. The quantitative estimate of drug-likeness (QED) is 0.481. The van der Waals surface area contributed by atoms with E-state index < -0.39 is 23.0 Å². The molecule has 6 heteroatoms. The van der Waals surface area contributed by atoms with Crippen molar-refractivity contribution < 1.29 is 18.7 Å². The topological polar surface area (TPSA) is 38.8 Å². The van der Waals surface area contributed by atoms with E-state index in [9.17, 15) is 9.18 Å². The number of hydrogen-bond acceptors (Lipinski definition) is 3. The molecule has 3 nitrogen and oxygen atoms in total. The average molecular weight is 321 g/mol. The van der Waals surface area contributed by atoms with Crippen LogP contribution in [0.25, 0.3) is 0 Å². The molecule has 0 radical (unpaired) electrons. The Morgan fingerprint density at radius 3 is 2.45 bits per heavy atom. The van der Waals surface area contributed by atoms with E-state index >= 15 is 0 Å². The summed E-state index contributed by atoms with van der Waals surface area (Å²) in [6.45, 7) is 5.36. The fourth-order valence-corrected chi connectivity index (χ4v) is 3.30. The highest BCUT2D eigenvalue weighted by Gasteiger charge is 2.75. The number of carbonyl (C=O) groups excluding carboxylic acids is 1. The van der Waals surface area contributed by atoms with Crippen molar-refractivity contribution in [2.45, 2.75) is 32.0 Å². The molecule has 1 aromatic rings. The Morgan fingerprint density at radius 2 is 1.95 bits per heavy atom. The van der Waals surface area contributed by atoms with Crippen molar-refractivity contribution in [2.75, 3.05) is 7.11 Å². The van der Waals surface area contributed by atoms with E-state index in [0.717, 1.165) is 0 Å². The summed E-state index contributed by atoms with van der Waals surface area (Å²) in [5, 5.41) is 0.182. The molecular formula is C14H15Cl2FO3. The molecule has 1 heterocycles. The van der Waals surface area contributed by atoms with Gasteiger partial charge in [0.25, 0.3) is 0 Å². The molecule has 20 heavy (non-hydrogen) atoms. The van der Waals surface area contributed by atoms with Crippen LogP contribution in [0.3, 0.4) is 0 Å². The van der Waals surface area contributed by atoms with Crippen LogP contribution in [0.5, 0.6) is 0 Å². The highest BCUT2D eigenvalue weighted by Crippen LogP contribution is 2.61. The maximum atomic E-state index is 13.7. The first-order valence-electron chi connectivity index (χ1n) is 6.14. The van der Waals surface area contributed by atoms with Crippen molar-refractivity contribution >= 4 is 29.2 Å². The number of ether oxygens (including phenoxy) is 2. The predicted molar refractivity (Wildman–Crippen MR) is 74.4 cm³/mol. The molecule has 0 N–H and O–H groups in total. The maximum Gasteiger partial charge on any atom is 0.341 e.